The Hall–Kier alpha value is -2.25. The zero-order chi connectivity index (χ0) is 27.0. The van der Waals surface area contributed by atoms with Crippen LogP contribution in [0, 0.1) is 12.7 Å². The molecule has 0 aliphatic carbocycles. The number of para-hydroxylation sites is 2. The Morgan fingerprint density at radius 3 is 2.18 bits per heavy atom. The Kier molecular flexibility index (Phi) is 16.0. The van der Waals surface area contributed by atoms with E-state index in [0.29, 0.717) is 18.8 Å². The number of anilines is 1. The van der Waals surface area contributed by atoms with Crippen LogP contribution in [-0.4, -0.2) is 12.5 Å². The Morgan fingerprint density at radius 1 is 0.897 bits per heavy atom. The van der Waals surface area contributed by atoms with Crippen LogP contribution in [0.4, 0.5) is 10.1 Å². The summed E-state index contributed by atoms with van der Waals surface area (Å²) in [6, 6.07) is 12.2. The molecule has 2 aromatic carbocycles. The Labute approximate surface area is 248 Å². The van der Waals surface area contributed by atoms with Crippen LogP contribution in [0.3, 0.4) is 0 Å². The third kappa shape index (κ3) is 11.8. The van der Waals surface area contributed by atoms with Gasteiger partial charge >= 0.3 is 0 Å². The molecule has 3 aromatic rings. The summed E-state index contributed by atoms with van der Waals surface area (Å²) in [4.78, 5) is 14.4. The van der Waals surface area contributed by atoms with E-state index in [2.05, 4.69) is 35.4 Å². The minimum atomic E-state index is -0.505. The van der Waals surface area contributed by atoms with Crippen molar-refractivity contribution in [1.82, 2.24) is 0 Å². The van der Waals surface area contributed by atoms with Gasteiger partial charge in [0.1, 0.15) is 0 Å². The highest BCUT2D eigenvalue weighted by molar-refractivity contribution is 7.09. The van der Waals surface area contributed by atoms with Gasteiger partial charge in [-0.3, -0.25) is 4.79 Å². The standard InChI is InChI=1S/C32H43FN2O2S.BrH/c1-3-4-5-6-7-8-9-10-11-12-13-16-22-37-31-28(19-17-20-29(31)33)32(36)34-30-21-15-14-18-27(30)24-35-23-26(2)38-25-35;/h14-15,17-21,23,25H,3-13,16,22,24H2,1-2H3;1H. The number of halogens is 2. The van der Waals surface area contributed by atoms with Crippen LogP contribution in [0.2, 0.25) is 0 Å². The number of nitrogens with zero attached hydrogens (tertiary/aromatic N) is 1. The van der Waals surface area contributed by atoms with E-state index in [1.165, 1.54) is 75.2 Å². The molecule has 4 nitrogen and oxygen atoms in total. The maximum Gasteiger partial charge on any atom is 0.259 e. The molecule has 0 bridgehead atoms. The van der Waals surface area contributed by atoms with E-state index < -0.39 is 5.82 Å². The van der Waals surface area contributed by atoms with Crippen LogP contribution in [0.15, 0.2) is 54.2 Å². The van der Waals surface area contributed by atoms with E-state index in [4.69, 9.17) is 4.74 Å². The molecule has 0 saturated heterocycles. The van der Waals surface area contributed by atoms with E-state index in [1.54, 1.807) is 23.5 Å². The number of rotatable bonds is 18. The number of aromatic nitrogens is 1. The Bertz CT molecular complexity index is 1120. The molecule has 1 amide bonds. The Morgan fingerprint density at radius 2 is 1.54 bits per heavy atom. The second kappa shape index (κ2) is 18.9. The predicted molar refractivity (Wildman–Crippen MR) is 156 cm³/mol. The number of aryl methyl sites for hydroxylation is 1. The average Bonchev–Trinajstić information content (AvgIpc) is 3.33. The van der Waals surface area contributed by atoms with Crippen molar-refractivity contribution in [2.24, 2.45) is 0 Å². The molecule has 214 valence electrons. The highest BCUT2D eigenvalue weighted by Gasteiger charge is 2.19. The van der Waals surface area contributed by atoms with Crippen molar-refractivity contribution in [3.8, 4) is 5.75 Å². The van der Waals surface area contributed by atoms with Crippen molar-refractivity contribution in [3.63, 3.8) is 0 Å². The molecule has 1 N–H and O–H groups in total. The van der Waals surface area contributed by atoms with Gasteiger partial charge in [-0.15, -0.1) is 0 Å². The SMILES string of the molecule is CCCCCCCCCCCCCCOc1c(F)cccc1C(=O)Nc1ccccc1C[n+]1csc(C)c1.[Br-]. The molecule has 0 fully saturated rings. The second-order valence-corrected chi connectivity index (χ2v) is 11.2. The molecule has 0 aliphatic rings. The third-order valence-electron chi connectivity index (χ3n) is 6.80. The van der Waals surface area contributed by atoms with Crippen molar-refractivity contribution < 1.29 is 35.5 Å². The molecular formula is C32H44BrFN2O2S. The zero-order valence-electron chi connectivity index (χ0n) is 23.5. The van der Waals surface area contributed by atoms with Gasteiger partial charge in [0.25, 0.3) is 5.91 Å². The summed E-state index contributed by atoms with van der Waals surface area (Å²) >= 11 is 1.68. The second-order valence-electron chi connectivity index (χ2n) is 10.1. The molecule has 0 radical (unpaired) electrons. The van der Waals surface area contributed by atoms with Gasteiger partial charge in [0, 0.05) is 5.56 Å². The van der Waals surface area contributed by atoms with Crippen LogP contribution >= 0.6 is 11.3 Å². The Balaban J connectivity index is 0.00000533. The smallest absolute Gasteiger partial charge is 0.259 e. The van der Waals surface area contributed by atoms with E-state index in [1.807, 2.05) is 24.3 Å². The molecule has 1 heterocycles. The summed E-state index contributed by atoms with van der Waals surface area (Å²) in [5.74, 6) is -0.837. The van der Waals surface area contributed by atoms with Gasteiger partial charge in [0.05, 0.1) is 22.7 Å². The lowest BCUT2D eigenvalue weighted by atomic mass is 10.1. The summed E-state index contributed by atoms with van der Waals surface area (Å²) in [6.07, 6.45) is 17.2. The molecule has 39 heavy (non-hydrogen) atoms. The molecule has 0 saturated carbocycles. The monoisotopic (exact) mass is 618 g/mol. The summed E-state index contributed by atoms with van der Waals surface area (Å²) in [5, 5.41) is 2.98. The number of thiazole rings is 1. The van der Waals surface area contributed by atoms with Crippen LogP contribution in [0.5, 0.6) is 5.75 Å². The van der Waals surface area contributed by atoms with Gasteiger partial charge in [-0.05, 0) is 31.5 Å². The number of hydrogen-bond acceptors (Lipinski definition) is 3. The number of carbonyl (C=O) groups is 1. The topological polar surface area (TPSA) is 42.2 Å². The lowest BCUT2D eigenvalue weighted by molar-refractivity contribution is -0.683. The minimum Gasteiger partial charge on any atom is -1.00 e. The maximum absolute atomic E-state index is 14.7. The first-order valence-electron chi connectivity index (χ1n) is 14.3. The number of amides is 1. The molecular weight excluding hydrogens is 575 g/mol. The number of ether oxygens (including phenoxy) is 1. The highest BCUT2D eigenvalue weighted by atomic mass is 79.9. The summed E-state index contributed by atoms with van der Waals surface area (Å²) in [5.41, 5.74) is 3.98. The number of carbonyl (C=O) groups excluding carboxylic acids is 1. The first-order valence-corrected chi connectivity index (χ1v) is 15.2. The van der Waals surface area contributed by atoms with Gasteiger partial charge in [-0.1, -0.05) is 113 Å². The van der Waals surface area contributed by atoms with E-state index >= 15 is 0 Å². The molecule has 1 aromatic heterocycles. The van der Waals surface area contributed by atoms with E-state index in [-0.39, 0.29) is 34.2 Å². The molecule has 7 heteroatoms. The molecule has 0 unspecified atom stereocenters. The van der Waals surface area contributed by atoms with Crippen molar-refractivity contribution in [1.29, 1.82) is 0 Å². The highest BCUT2D eigenvalue weighted by Crippen LogP contribution is 2.25. The first kappa shape index (κ1) is 33.0. The summed E-state index contributed by atoms with van der Waals surface area (Å²) in [7, 11) is 0. The van der Waals surface area contributed by atoms with Crippen LogP contribution in [-0.2, 0) is 6.54 Å². The lowest BCUT2D eigenvalue weighted by Crippen LogP contribution is -3.00. The summed E-state index contributed by atoms with van der Waals surface area (Å²) in [6.45, 7) is 5.37. The van der Waals surface area contributed by atoms with Gasteiger partial charge in [0.15, 0.2) is 24.3 Å². The van der Waals surface area contributed by atoms with E-state index in [0.717, 1.165) is 18.4 Å². The lowest BCUT2D eigenvalue weighted by Gasteiger charge is -2.14. The number of unbranched alkanes of at least 4 members (excludes halogenated alkanes) is 11. The summed E-state index contributed by atoms with van der Waals surface area (Å²) < 4.78 is 22.6. The third-order valence-corrected chi connectivity index (χ3v) is 7.65. The zero-order valence-corrected chi connectivity index (χ0v) is 25.9. The van der Waals surface area contributed by atoms with Crippen LogP contribution in [0.1, 0.15) is 105 Å². The van der Waals surface area contributed by atoms with Gasteiger partial charge < -0.3 is 27.0 Å². The van der Waals surface area contributed by atoms with Gasteiger partial charge in [-0.2, -0.15) is 4.57 Å². The molecule has 3 rings (SSSR count). The molecule has 0 spiro atoms. The van der Waals surface area contributed by atoms with E-state index in [9.17, 15) is 9.18 Å². The predicted octanol–water partition coefficient (Wildman–Crippen LogP) is 5.87. The largest absolute Gasteiger partial charge is 1.00 e. The molecule has 0 aliphatic heterocycles. The fourth-order valence-corrected chi connectivity index (χ4v) is 5.28. The number of hydrogen-bond donors (Lipinski definition) is 1. The maximum atomic E-state index is 14.7. The van der Waals surface area contributed by atoms with Gasteiger partial charge in [0.2, 0.25) is 5.51 Å². The van der Waals surface area contributed by atoms with Gasteiger partial charge in [-0.25, -0.2) is 4.39 Å². The fourth-order valence-electron chi connectivity index (χ4n) is 4.65. The fraction of sp³-hybridized carbons (Fsp3) is 0.500. The van der Waals surface area contributed by atoms with Crippen molar-refractivity contribution >= 4 is 22.9 Å². The first-order chi connectivity index (χ1) is 18.6. The average molecular weight is 620 g/mol. The number of nitrogens with one attached hydrogen (secondary N) is 1. The van der Waals surface area contributed by atoms with Crippen molar-refractivity contribution in [3.05, 3.63) is 76.0 Å². The normalized spacial score (nSPS) is 10.7. The van der Waals surface area contributed by atoms with Crippen molar-refractivity contribution in [2.45, 2.75) is 97.4 Å². The van der Waals surface area contributed by atoms with Crippen LogP contribution < -0.4 is 31.6 Å². The number of benzene rings is 2. The minimum absolute atomic E-state index is 0. The van der Waals surface area contributed by atoms with Crippen LogP contribution in [0.25, 0.3) is 0 Å². The quantitative estimate of drug-likeness (QED) is 0.143. The molecule has 0 atom stereocenters. The van der Waals surface area contributed by atoms with Crippen molar-refractivity contribution in [2.75, 3.05) is 11.9 Å².